The number of amides is 1. The molecule has 6 nitrogen and oxygen atoms in total. The van der Waals surface area contributed by atoms with E-state index >= 15 is 0 Å². The smallest absolute Gasteiger partial charge is 0.228 e. The molecule has 0 saturated carbocycles. The third-order valence-electron chi connectivity index (χ3n) is 4.09. The number of anilines is 2. The number of aromatic nitrogens is 1. The third-order valence-corrected chi connectivity index (χ3v) is 4.09. The van der Waals surface area contributed by atoms with Gasteiger partial charge in [-0.2, -0.15) is 0 Å². The summed E-state index contributed by atoms with van der Waals surface area (Å²) >= 11 is 0. The summed E-state index contributed by atoms with van der Waals surface area (Å²) < 4.78 is 5.34. The summed E-state index contributed by atoms with van der Waals surface area (Å²) in [5.74, 6) is 0.825. The molecule has 0 unspecified atom stereocenters. The highest BCUT2D eigenvalue weighted by Gasteiger charge is 2.21. The van der Waals surface area contributed by atoms with Crippen molar-refractivity contribution in [1.29, 1.82) is 0 Å². The summed E-state index contributed by atoms with van der Waals surface area (Å²) in [5.41, 5.74) is 1.08. The molecule has 6 heteroatoms. The van der Waals surface area contributed by atoms with Gasteiger partial charge in [0.25, 0.3) is 0 Å². The molecule has 3 rings (SSSR count). The van der Waals surface area contributed by atoms with E-state index in [-0.39, 0.29) is 11.8 Å². The quantitative estimate of drug-likeness (QED) is 0.864. The molecule has 114 valence electrons. The van der Waals surface area contributed by atoms with Crippen LogP contribution in [0.15, 0.2) is 18.3 Å². The lowest BCUT2D eigenvalue weighted by molar-refractivity contribution is -0.120. The van der Waals surface area contributed by atoms with Crippen molar-refractivity contribution in [3.05, 3.63) is 18.3 Å². The van der Waals surface area contributed by atoms with Crippen LogP contribution in [0.25, 0.3) is 0 Å². The molecule has 0 bridgehead atoms. The summed E-state index contributed by atoms with van der Waals surface area (Å²) in [5, 5.41) is 6.19. The average molecular weight is 290 g/mol. The molecule has 1 amide bonds. The predicted octanol–water partition coefficient (Wildman–Crippen LogP) is 0.856. The monoisotopic (exact) mass is 290 g/mol. The van der Waals surface area contributed by atoms with Crippen molar-refractivity contribution in [2.45, 2.75) is 12.8 Å². The van der Waals surface area contributed by atoms with Crippen molar-refractivity contribution >= 4 is 17.4 Å². The Morgan fingerprint density at radius 2 is 2.05 bits per heavy atom. The minimum Gasteiger partial charge on any atom is -0.378 e. The zero-order valence-electron chi connectivity index (χ0n) is 12.2. The number of rotatable bonds is 3. The minimum atomic E-state index is 0.0862. The van der Waals surface area contributed by atoms with E-state index in [1.54, 1.807) is 0 Å². The van der Waals surface area contributed by atoms with E-state index in [1.807, 2.05) is 18.3 Å². The average Bonchev–Trinajstić information content (AvgIpc) is 2.57. The first-order chi connectivity index (χ1) is 10.3. The Labute approximate surface area is 124 Å². The summed E-state index contributed by atoms with van der Waals surface area (Å²) in [7, 11) is 0. The van der Waals surface area contributed by atoms with Crippen LogP contribution in [0.4, 0.5) is 11.5 Å². The largest absolute Gasteiger partial charge is 0.378 e. The summed E-state index contributed by atoms with van der Waals surface area (Å²) in [4.78, 5) is 18.8. The molecule has 0 spiro atoms. The number of hydrogen-bond acceptors (Lipinski definition) is 5. The van der Waals surface area contributed by atoms with Gasteiger partial charge in [-0.1, -0.05) is 0 Å². The molecule has 2 aliphatic rings. The molecule has 1 aromatic rings. The Kier molecular flexibility index (Phi) is 4.67. The number of morpholine rings is 1. The summed E-state index contributed by atoms with van der Waals surface area (Å²) in [6, 6.07) is 3.89. The van der Waals surface area contributed by atoms with Crippen LogP contribution in [0.2, 0.25) is 0 Å². The Balaban J connectivity index is 1.57. The zero-order valence-corrected chi connectivity index (χ0v) is 12.2. The van der Waals surface area contributed by atoms with Gasteiger partial charge in [0.15, 0.2) is 0 Å². The summed E-state index contributed by atoms with van der Waals surface area (Å²) in [6.07, 6.45) is 3.62. The van der Waals surface area contributed by atoms with Crippen LogP contribution in [0.3, 0.4) is 0 Å². The lowest BCUT2D eigenvalue weighted by atomic mass is 9.97. The number of piperidine rings is 1. The number of nitrogens with one attached hydrogen (secondary N) is 2. The van der Waals surface area contributed by atoms with E-state index in [2.05, 4.69) is 20.5 Å². The number of ether oxygens (including phenoxy) is 1. The van der Waals surface area contributed by atoms with E-state index in [0.717, 1.165) is 57.9 Å². The molecule has 1 aromatic heterocycles. The molecule has 3 heterocycles. The number of pyridine rings is 1. The van der Waals surface area contributed by atoms with E-state index in [9.17, 15) is 4.79 Å². The van der Waals surface area contributed by atoms with E-state index < -0.39 is 0 Å². The highest BCUT2D eigenvalue weighted by Crippen LogP contribution is 2.18. The van der Waals surface area contributed by atoms with E-state index in [1.165, 1.54) is 0 Å². The SMILES string of the molecule is O=C(Nc1ccc(N2CCOCC2)cn1)C1CCNCC1. The number of hydrogen-bond donors (Lipinski definition) is 2. The number of carbonyl (C=O) groups is 1. The maximum atomic E-state index is 12.1. The molecule has 2 saturated heterocycles. The van der Waals surface area contributed by atoms with Crippen molar-refractivity contribution in [3.8, 4) is 0 Å². The highest BCUT2D eigenvalue weighted by atomic mass is 16.5. The van der Waals surface area contributed by atoms with Gasteiger partial charge in [-0.3, -0.25) is 4.79 Å². The van der Waals surface area contributed by atoms with Crippen LogP contribution in [-0.4, -0.2) is 50.3 Å². The minimum absolute atomic E-state index is 0.0862. The molecular weight excluding hydrogens is 268 g/mol. The molecule has 0 atom stereocenters. The fraction of sp³-hybridized carbons (Fsp3) is 0.600. The Morgan fingerprint density at radius 1 is 1.29 bits per heavy atom. The van der Waals surface area contributed by atoms with Crippen LogP contribution < -0.4 is 15.5 Å². The van der Waals surface area contributed by atoms with Gasteiger partial charge in [0.1, 0.15) is 5.82 Å². The fourth-order valence-electron chi connectivity index (χ4n) is 2.78. The lowest BCUT2D eigenvalue weighted by Gasteiger charge is -2.28. The van der Waals surface area contributed by atoms with Gasteiger partial charge in [-0.15, -0.1) is 0 Å². The Bertz CT molecular complexity index is 465. The van der Waals surface area contributed by atoms with Crippen molar-refractivity contribution in [2.24, 2.45) is 5.92 Å². The van der Waals surface area contributed by atoms with Gasteiger partial charge >= 0.3 is 0 Å². The standard InChI is InChI=1S/C15H22N4O2/c20-15(12-3-5-16-6-4-12)18-14-2-1-13(11-17-14)19-7-9-21-10-8-19/h1-2,11-12,16H,3-10H2,(H,17,18,20). The van der Waals surface area contributed by atoms with Crippen LogP contribution in [0, 0.1) is 5.92 Å². The topological polar surface area (TPSA) is 66.5 Å². The molecule has 2 fully saturated rings. The second kappa shape index (κ2) is 6.87. The van der Waals surface area contributed by atoms with Gasteiger partial charge in [-0.05, 0) is 38.1 Å². The summed E-state index contributed by atoms with van der Waals surface area (Å²) in [6.45, 7) is 5.14. The maximum absolute atomic E-state index is 12.1. The zero-order chi connectivity index (χ0) is 14.5. The third kappa shape index (κ3) is 3.71. The normalized spacial score (nSPS) is 20.3. The first-order valence-electron chi connectivity index (χ1n) is 7.63. The van der Waals surface area contributed by atoms with Gasteiger partial charge in [0.2, 0.25) is 5.91 Å². The van der Waals surface area contributed by atoms with Gasteiger partial charge in [0.05, 0.1) is 25.1 Å². The van der Waals surface area contributed by atoms with E-state index in [0.29, 0.717) is 5.82 Å². The second-order valence-corrected chi connectivity index (χ2v) is 5.51. The molecular formula is C15H22N4O2. The first-order valence-corrected chi connectivity index (χ1v) is 7.63. The molecule has 0 aliphatic carbocycles. The van der Waals surface area contributed by atoms with Crippen LogP contribution in [0.1, 0.15) is 12.8 Å². The molecule has 2 N–H and O–H groups in total. The predicted molar refractivity (Wildman–Crippen MR) is 81.5 cm³/mol. The Morgan fingerprint density at radius 3 is 2.71 bits per heavy atom. The first kappa shape index (κ1) is 14.3. The van der Waals surface area contributed by atoms with Crippen molar-refractivity contribution in [1.82, 2.24) is 10.3 Å². The van der Waals surface area contributed by atoms with Crippen molar-refractivity contribution in [2.75, 3.05) is 49.6 Å². The fourth-order valence-corrected chi connectivity index (χ4v) is 2.78. The van der Waals surface area contributed by atoms with Crippen molar-refractivity contribution in [3.63, 3.8) is 0 Å². The van der Waals surface area contributed by atoms with Gasteiger partial charge in [-0.25, -0.2) is 4.98 Å². The van der Waals surface area contributed by atoms with Gasteiger partial charge in [0, 0.05) is 19.0 Å². The molecule has 0 radical (unpaired) electrons. The van der Waals surface area contributed by atoms with Crippen LogP contribution in [0.5, 0.6) is 0 Å². The Hall–Kier alpha value is -1.66. The molecule has 2 aliphatic heterocycles. The number of nitrogens with zero attached hydrogens (tertiary/aromatic N) is 2. The van der Waals surface area contributed by atoms with Gasteiger partial charge < -0.3 is 20.3 Å². The number of carbonyl (C=O) groups excluding carboxylic acids is 1. The van der Waals surface area contributed by atoms with E-state index in [4.69, 9.17) is 4.74 Å². The molecule has 21 heavy (non-hydrogen) atoms. The lowest BCUT2D eigenvalue weighted by Crippen LogP contribution is -2.36. The maximum Gasteiger partial charge on any atom is 0.228 e. The van der Waals surface area contributed by atoms with Crippen molar-refractivity contribution < 1.29 is 9.53 Å². The second-order valence-electron chi connectivity index (χ2n) is 5.51. The van der Waals surface area contributed by atoms with Crippen LogP contribution in [-0.2, 0) is 9.53 Å². The molecule has 0 aromatic carbocycles. The highest BCUT2D eigenvalue weighted by molar-refractivity contribution is 5.91. The van der Waals surface area contributed by atoms with Crippen LogP contribution >= 0.6 is 0 Å².